The average molecular weight is 344 g/mol. The second-order valence-corrected chi connectivity index (χ2v) is 6.67. The Balaban J connectivity index is 1.43. The number of carbonyl (C=O) groups is 1. The number of furan rings is 1. The van der Waals surface area contributed by atoms with E-state index in [4.69, 9.17) is 9.15 Å². The van der Waals surface area contributed by atoms with Gasteiger partial charge in [0.1, 0.15) is 11.6 Å². The zero-order valence-corrected chi connectivity index (χ0v) is 13.9. The molecule has 6 heteroatoms. The maximum atomic E-state index is 13.9. The van der Waals surface area contributed by atoms with Crippen molar-refractivity contribution in [1.29, 1.82) is 0 Å². The van der Waals surface area contributed by atoms with Gasteiger partial charge in [-0.25, -0.2) is 4.39 Å². The maximum Gasteiger partial charge on any atom is 0.256 e. The van der Waals surface area contributed by atoms with Gasteiger partial charge >= 0.3 is 0 Å². The minimum Gasteiger partial charge on any atom is -0.468 e. The molecule has 0 unspecified atom stereocenters. The van der Waals surface area contributed by atoms with Crippen LogP contribution in [0.3, 0.4) is 0 Å². The van der Waals surface area contributed by atoms with Crippen molar-refractivity contribution < 1.29 is 18.3 Å². The van der Waals surface area contributed by atoms with E-state index >= 15 is 0 Å². The predicted octanol–water partition coefficient (Wildman–Crippen LogP) is 2.39. The van der Waals surface area contributed by atoms with Crippen molar-refractivity contribution in [3.63, 3.8) is 0 Å². The van der Waals surface area contributed by atoms with Crippen LogP contribution in [-0.2, 0) is 11.3 Å². The Morgan fingerprint density at radius 2 is 2.04 bits per heavy atom. The molecule has 25 heavy (non-hydrogen) atoms. The van der Waals surface area contributed by atoms with E-state index in [9.17, 15) is 9.18 Å². The van der Waals surface area contributed by atoms with Crippen LogP contribution < -0.4 is 0 Å². The summed E-state index contributed by atoms with van der Waals surface area (Å²) in [5.41, 5.74) is 0.131. The fraction of sp³-hybridized carbons (Fsp3) is 0.421. The van der Waals surface area contributed by atoms with E-state index in [2.05, 4.69) is 4.90 Å². The molecule has 0 N–H and O–H groups in total. The number of amides is 1. The zero-order chi connectivity index (χ0) is 17.2. The molecule has 2 saturated heterocycles. The molecule has 0 bridgehead atoms. The van der Waals surface area contributed by atoms with Crippen molar-refractivity contribution in [1.82, 2.24) is 9.80 Å². The number of hydrogen-bond donors (Lipinski definition) is 0. The largest absolute Gasteiger partial charge is 0.468 e. The first kappa shape index (κ1) is 16.3. The second-order valence-electron chi connectivity index (χ2n) is 6.67. The number of carbonyl (C=O) groups excluding carboxylic acids is 1. The highest BCUT2D eigenvalue weighted by atomic mass is 19.1. The summed E-state index contributed by atoms with van der Waals surface area (Å²) in [4.78, 5) is 16.6. The Bertz CT molecular complexity index is 734. The fourth-order valence-corrected chi connectivity index (χ4v) is 3.70. The Kier molecular flexibility index (Phi) is 4.55. The summed E-state index contributed by atoms with van der Waals surface area (Å²) < 4.78 is 25.3. The summed E-state index contributed by atoms with van der Waals surface area (Å²) in [6.45, 7) is 4.16. The van der Waals surface area contributed by atoms with Gasteiger partial charge in [0, 0.05) is 32.1 Å². The summed E-state index contributed by atoms with van der Waals surface area (Å²) in [6, 6.07) is 9.99. The molecule has 1 amide bonds. The topological polar surface area (TPSA) is 45.9 Å². The van der Waals surface area contributed by atoms with Crippen molar-refractivity contribution in [3.8, 4) is 0 Å². The molecule has 5 nitrogen and oxygen atoms in total. The molecule has 2 atom stereocenters. The summed E-state index contributed by atoms with van der Waals surface area (Å²) >= 11 is 0. The van der Waals surface area contributed by atoms with Crippen LogP contribution >= 0.6 is 0 Å². The van der Waals surface area contributed by atoms with E-state index in [1.807, 2.05) is 12.1 Å². The zero-order valence-electron chi connectivity index (χ0n) is 13.9. The fourth-order valence-electron chi connectivity index (χ4n) is 3.70. The lowest BCUT2D eigenvalue weighted by atomic mass is 10.1. The third kappa shape index (κ3) is 3.45. The lowest BCUT2D eigenvalue weighted by Gasteiger charge is -2.22. The highest BCUT2D eigenvalue weighted by molar-refractivity contribution is 5.94. The van der Waals surface area contributed by atoms with Crippen LogP contribution in [0.2, 0.25) is 0 Å². The molecule has 1 aromatic carbocycles. The molecule has 3 heterocycles. The monoisotopic (exact) mass is 344 g/mol. The molecule has 2 fully saturated rings. The summed E-state index contributed by atoms with van der Waals surface area (Å²) in [5, 5.41) is 0. The molecule has 2 aliphatic heterocycles. The molecular formula is C19H21FN2O3. The van der Waals surface area contributed by atoms with Crippen molar-refractivity contribution in [3.05, 3.63) is 59.8 Å². The van der Waals surface area contributed by atoms with E-state index < -0.39 is 5.82 Å². The van der Waals surface area contributed by atoms with Crippen molar-refractivity contribution in [2.75, 3.05) is 32.8 Å². The minimum atomic E-state index is -0.472. The molecule has 0 aliphatic carbocycles. The molecule has 2 aromatic rings. The van der Waals surface area contributed by atoms with Gasteiger partial charge in [-0.3, -0.25) is 9.69 Å². The summed E-state index contributed by atoms with van der Waals surface area (Å²) in [6.07, 6.45) is 1.69. The van der Waals surface area contributed by atoms with Crippen molar-refractivity contribution in [2.24, 2.45) is 5.92 Å². The molecule has 2 aliphatic rings. The molecule has 0 radical (unpaired) electrons. The lowest BCUT2D eigenvalue weighted by Crippen LogP contribution is -2.34. The van der Waals surface area contributed by atoms with Crippen LogP contribution in [0.5, 0.6) is 0 Å². The van der Waals surface area contributed by atoms with Crippen LogP contribution in [0.15, 0.2) is 47.1 Å². The van der Waals surface area contributed by atoms with Gasteiger partial charge < -0.3 is 14.1 Å². The number of nitrogens with zero attached hydrogens (tertiary/aromatic N) is 2. The smallest absolute Gasteiger partial charge is 0.256 e. The quantitative estimate of drug-likeness (QED) is 0.858. The van der Waals surface area contributed by atoms with E-state index in [1.165, 1.54) is 12.1 Å². The summed E-state index contributed by atoms with van der Waals surface area (Å²) in [5.74, 6) is 0.427. The first-order chi connectivity index (χ1) is 12.2. The third-order valence-corrected chi connectivity index (χ3v) is 4.96. The molecule has 1 aromatic heterocycles. The van der Waals surface area contributed by atoms with E-state index in [-0.39, 0.29) is 23.5 Å². The van der Waals surface area contributed by atoms with Crippen molar-refractivity contribution in [2.45, 2.75) is 12.6 Å². The maximum absolute atomic E-state index is 13.9. The number of ether oxygens (including phenoxy) is 1. The van der Waals surface area contributed by atoms with E-state index in [0.717, 1.165) is 25.4 Å². The van der Waals surface area contributed by atoms with Gasteiger partial charge in [-0.1, -0.05) is 12.1 Å². The highest BCUT2D eigenvalue weighted by Gasteiger charge is 2.39. The normalized spacial score (nSPS) is 24.1. The molecule has 0 saturated carbocycles. The standard InChI is InChI=1S/C19H21FN2O3/c20-17-6-2-1-5-16(17)19(23)22-11-14-10-21(7-9-25-18(14)13-22)12-15-4-3-8-24-15/h1-6,8,14,18H,7,9-13H2/t14-,18+/m0/s1. The first-order valence-electron chi connectivity index (χ1n) is 8.61. The Morgan fingerprint density at radius 1 is 1.16 bits per heavy atom. The number of likely N-dealkylation sites (tertiary alicyclic amines) is 1. The van der Waals surface area contributed by atoms with Crippen LogP contribution in [0.4, 0.5) is 4.39 Å². The van der Waals surface area contributed by atoms with Crippen LogP contribution in [0, 0.1) is 11.7 Å². The van der Waals surface area contributed by atoms with Gasteiger partial charge in [0.05, 0.1) is 31.1 Å². The van der Waals surface area contributed by atoms with Gasteiger partial charge in [-0.05, 0) is 24.3 Å². The second kappa shape index (κ2) is 6.98. The Hall–Kier alpha value is -2.18. The highest BCUT2D eigenvalue weighted by Crippen LogP contribution is 2.26. The van der Waals surface area contributed by atoms with Gasteiger partial charge in [-0.2, -0.15) is 0 Å². The number of fused-ring (bicyclic) bond motifs is 1. The summed E-state index contributed by atoms with van der Waals surface area (Å²) in [7, 11) is 0. The van der Waals surface area contributed by atoms with Gasteiger partial charge in [0.15, 0.2) is 0 Å². The van der Waals surface area contributed by atoms with E-state index in [1.54, 1.807) is 23.3 Å². The number of benzene rings is 1. The average Bonchev–Trinajstić information content (AvgIpc) is 3.21. The number of halogens is 1. The minimum absolute atomic E-state index is 0.0114. The van der Waals surface area contributed by atoms with Crippen LogP contribution in [0.25, 0.3) is 0 Å². The number of rotatable bonds is 3. The van der Waals surface area contributed by atoms with Gasteiger partial charge in [-0.15, -0.1) is 0 Å². The van der Waals surface area contributed by atoms with Crippen LogP contribution in [0.1, 0.15) is 16.1 Å². The molecule has 0 spiro atoms. The third-order valence-electron chi connectivity index (χ3n) is 4.96. The van der Waals surface area contributed by atoms with Crippen molar-refractivity contribution >= 4 is 5.91 Å². The Labute approximate surface area is 146 Å². The van der Waals surface area contributed by atoms with Gasteiger partial charge in [0.25, 0.3) is 5.91 Å². The molecule has 4 rings (SSSR count). The lowest BCUT2D eigenvalue weighted by molar-refractivity contribution is 0.0481. The molecular weight excluding hydrogens is 323 g/mol. The van der Waals surface area contributed by atoms with Gasteiger partial charge in [0.2, 0.25) is 0 Å². The van der Waals surface area contributed by atoms with E-state index in [0.29, 0.717) is 19.7 Å². The SMILES string of the molecule is O=C(c1ccccc1F)N1C[C@@H]2CN(Cc3ccco3)CCO[C@@H]2C1. The number of hydrogen-bond acceptors (Lipinski definition) is 4. The first-order valence-corrected chi connectivity index (χ1v) is 8.61. The van der Waals surface area contributed by atoms with Crippen LogP contribution in [-0.4, -0.2) is 54.6 Å². The predicted molar refractivity (Wildman–Crippen MR) is 89.5 cm³/mol. The Morgan fingerprint density at radius 3 is 2.84 bits per heavy atom. The molecule has 132 valence electrons.